The Balaban J connectivity index is 1.62. The van der Waals surface area contributed by atoms with Gasteiger partial charge in [0.15, 0.2) is 17.0 Å². The molecular formula is C16H21ClN8O. The van der Waals surface area contributed by atoms with Crippen LogP contribution in [0.1, 0.15) is 18.2 Å². The van der Waals surface area contributed by atoms with E-state index in [1.165, 1.54) is 0 Å². The van der Waals surface area contributed by atoms with E-state index in [0.29, 0.717) is 22.1 Å². The van der Waals surface area contributed by atoms with Crippen LogP contribution in [0.25, 0.3) is 5.65 Å². The lowest BCUT2D eigenvalue weighted by atomic mass is 10.3. The summed E-state index contributed by atoms with van der Waals surface area (Å²) in [5.74, 6) is 0.884. The molecule has 4 heterocycles. The third kappa shape index (κ3) is 3.33. The number of rotatable bonds is 4. The van der Waals surface area contributed by atoms with Crippen LogP contribution in [-0.4, -0.2) is 55.7 Å². The number of aliphatic hydroxyl groups is 1. The monoisotopic (exact) mass is 376 g/mol. The molecular weight excluding hydrogens is 356 g/mol. The molecule has 4 rings (SSSR count). The first-order chi connectivity index (χ1) is 12.6. The van der Waals surface area contributed by atoms with Gasteiger partial charge in [0, 0.05) is 39.1 Å². The van der Waals surface area contributed by atoms with Crippen LogP contribution in [0.2, 0.25) is 5.15 Å². The summed E-state index contributed by atoms with van der Waals surface area (Å²) >= 11 is 6.06. The number of aliphatic hydroxyl groups excluding tert-OH is 1. The summed E-state index contributed by atoms with van der Waals surface area (Å²) in [5.41, 5.74) is 1.75. The van der Waals surface area contributed by atoms with Crippen molar-refractivity contribution < 1.29 is 5.11 Å². The van der Waals surface area contributed by atoms with Crippen molar-refractivity contribution in [2.75, 3.05) is 36.4 Å². The van der Waals surface area contributed by atoms with E-state index in [2.05, 4.69) is 25.7 Å². The van der Waals surface area contributed by atoms with Gasteiger partial charge in [-0.25, -0.2) is 9.50 Å². The first-order valence-electron chi connectivity index (χ1n) is 8.55. The molecule has 0 aliphatic carbocycles. The molecule has 0 bridgehead atoms. The van der Waals surface area contributed by atoms with Crippen LogP contribution < -0.4 is 15.5 Å². The molecule has 1 unspecified atom stereocenters. The second-order valence-corrected chi connectivity index (χ2v) is 6.66. The van der Waals surface area contributed by atoms with Gasteiger partial charge in [0.2, 0.25) is 0 Å². The maximum atomic E-state index is 10.6. The second-order valence-electron chi connectivity index (χ2n) is 6.30. The molecule has 0 radical (unpaired) electrons. The number of halogens is 1. The summed E-state index contributed by atoms with van der Waals surface area (Å²) < 4.78 is 3.24. The van der Waals surface area contributed by atoms with Gasteiger partial charge in [-0.2, -0.15) is 10.2 Å². The lowest BCUT2D eigenvalue weighted by Gasteiger charge is -2.21. The minimum Gasteiger partial charge on any atom is -0.369 e. The summed E-state index contributed by atoms with van der Waals surface area (Å²) in [6.07, 6.45) is 5.26. The summed E-state index contributed by atoms with van der Waals surface area (Å²) in [4.78, 5) is 6.98. The number of aryl methyl sites for hydroxylation is 1. The third-order valence-corrected chi connectivity index (χ3v) is 4.70. The standard InChI is InChI=1S/C16H21ClN8O/c1-23-10-12(14(17)22-23)20-16(26)11-9-19-25-7-3-13(21-15(11)25)24-6-2-4-18-5-8-24/h3,7,9-10,16,18,20,26H,2,4-6,8H2,1H3. The molecule has 1 fully saturated rings. The molecule has 9 nitrogen and oxygen atoms in total. The van der Waals surface area contributed by atoms with Gasteiger partial charge in [0.25, 0.3) is 0 Å². The van der Waals surface area contributed by atoms with Crippen LogP contribution in [0.15, 0.2) is 24.7 Å². The van der Waals surface area contributed by atoms with Crippen molar-refractivity contribution in [2.45, 2.75) is 12.6 Å². The fourth-order valence-corrected chi connectivity index (χ4v) is 3.33. The normalized spacial score (nSPS) is 16.7. The first kappa shape index (κ1) is 17.1. The van der Waals surface area contributed by atoms with Crippen LogP contribution in [-0.2, 0) is 7.05 Å². The highest BCUT2D eigenvalue weighted by Crippen LogP contribution is 2.26. The molecule has 3 aromatic rings. The highest BCUT2D eigenvalue weighted by molar-refractivity contribution is 6.31. The van der Waals surface area contributed by atoms with Crippen LogP contribution >= 0.6 is 11.6 Å². The Bertz CT molecular complexity index is 899. The molecule has 1 aliphatic heterocycles. The third-order valence-electron chi connectivity index (χ3n) is 4.42. The van der Waals surface area contributed by atoms with Crippen LogP contribution in [0.5, 0.6) is 0 Å². The maximum Gasteiger partial charge on any atom is 0.174 e. The Hall–Kier alpha value is -2.36. The van der Waals surface area contributed by atoms with Crippen molar-refractivity contribution in [1.82, 2.24) is 29.7 Å². The predicted molar refractivity (Wildman–Crippen MR) is 99.5 cm³/mol. The fraction of sp³-hybridized carbons (Fsp3) is 0.438. The average molecular weight is 377 g/mol. The predicted octanol–water partition coefficient (Wildman–Crippen LogP) is 1.02. The van der Waals surface area contributed by atoms with Gasteiger partial charge >= 0.3 is 0 Å². The minimum absolute atomic E-state index is 0.300. The summed E-state index contributed by atoms with van der Waals surface area (Å²) in [6.45, 7) is 3.80. The smallest absolute Gasteiger partial charge is 0.174 e. The maximum absolute atomic E-state index is 10.6. The van der Waals surface area contributed by atoms with E-state index in [1.54, 1.807) is 28.6 Å². The molecule has 0 aromatic carbocycles. The van der Waals surface area contributed by atoms with Gasteiger partial charge in [-0.3, -0.25) is 4.68 Å². The highest BCUT2D eigenvalue weighted by atomic mass is 35.5. The highest BCUT2D eigenvalue weighted by Gasteiger charge is 2.19. The van der Waals surface area contributed by atoms with E-state index >= 15 is 0 Å². The molecule has 1 atom stereocenters. The van der Waals surface area contributed by atoms with Crippen LogP contribution in [0.4, 0.5) is 11.5 Å². The largest absolute Gasteiger partial charge is 0.369 e. The number of nitrogens with one attached hydrogen (secondary N) is 2. The van der Waals surface area contributed by atoms with Crippen molar-refractivity contribution in [3.05, 3.63) is 35.4 Å². The van der Waals surface area contributed by atoms with Gasteiger partial charge in [-0.1, -0.05) is 11.6 Å². The lowest BCUT2D eigenvalue weighted by Crippen LogP contribution is -2.28. The molecule has 0 amide bonds. The van der Waals surface area contributed by atoms with E-state index < -0.39 is 6.23 Å². The Morgan fingerprint density at radius 3 is 3.04 bits per heavy atom. The number of nitrogens with zero attached hydrogens (tertiary/aromatic N) is 6. The molecule has 1 saturated heterocycles. The zero-order valence-electron chi connectivity index (χ0n) is 14.4. The van der Waals surface area contributed by atoms with Gasteiger partial charge in [0.05, 0.1) is 17.4 Å². The Labute approximate surface area is 155 Å². The molecule has 26 heavy (non-hydrogen) atoms. The molecule has 0 spiro atoms. The van der Waals surface area contributed by atoms with Crippen molar-refractivity contribution in [3.8, 4) is 0 Å². The zero-order chi connectivity index (χ0) is 18.1. The Morgan fingerprint density at radius 1 is 1.35 bits per heavy atom. The van der Waals surface area contributed by atoms with Crippen molar-refractivity contribution in [1.29, 1.82) is 0 Å². The van der Waals surface area contributed by atoms with Crippen molar-refractivity contribution in [3.63, 3.8) is 0 Å². The van der Waals surface area contributed by atoms with E-state index in [1.807, 2.05) is 12.3 Å². The number of anilines is 2. The van der Waals surface area contributed by atoms with Crippen LogP contribution in [0, 0.1) is 0 Å². The Morgan fingerprint density at radius 2 is 2.23 bits per heavy atom. The van der Waals surface area contributed by atoms with Crippen molar-refractivity contribution in [2.24, 2.45) is 7.05 Å². The average Bonchev–Trinajstić information content (AvgIpc) is 3.05. The van der Waals surface area contributed by atoms with E-state index in [4.69, 9.17) is 16.6 Å². The number of hydrogen-bond acceptors (Lipinski definition) is 7. The molecule has 1 aliphatic rings. The quantitative estimate of drug-likeness (QED) is 0.585. The van der Waals surface area contributed by atoms with Gasteiger partial charge in [-0.05, 0) is 19.0 Å². The van der Waals surface area contributed by atoms with E-state index in [0.717, 1.165) is 38.4 Å². The number of fused-ring (bicyclic) bond motifs is 1. The summed E-state index contributed by atoms with van der Waals surface area (Å²) in [7, 11) is 1.77. The fourth-order valence-electron chi connectivity index (χ4n) is 3.10. The summed E-state index contributed by atoms with van der Waals surface area (Å²) in [6, 6.07) is 1.95. The SMILES string of the molecule is Cn1cc(NC(O)c2cnn3ccc(N4CCCNCC4)nc23)c(Cl)n1. The van der Waals surface area contributed by atoms with E-state index in [9.17, 15) is 5.11 Å². The number of aromatic nitrogens is 5. The van der Waals surface area contributed by atoms with Gasteiger partial charge < -0.3 is 20.6 Å². The second kappa shape index (κ2) is 7.10. The molecule has 0 saturated carbocycles. The molecule has 138 valence electrons. The van der Waals surface area contributed by atoms with Crippen LogP contribution in [0.3, 0.4) is 0 Å². The topological polar surface area (TPSA) is 95.5 Å². The Kier molecular flexibility index (Phi) is 4.66. The minimum atomic E-state index is -0.997. The molecule has 3 N–H and O–H groups in total. The summed E-state index contributed by atoms with van der Waals surface area (Å²) in [5, 5.41) is 25.6. The van der Waals surface area contributed by atoms with Crippen molar-refractivity contribution >= 4 is 28.8 Å². The van der Waals surface area contributed by atoms with Gasteiger partial charge in [0.1, 0.15) is 5.82 Å². The van der Waals surface area contributed by atoms with E-state index in [-0.39, 0.29) is 0 Å². The number of hydrogen-bond donors (Lipinski definition) is 3. The zero-order valence-corrected chi connectivity index (χ0v) is 15.2. The molecule has 3 aromatic heterocycles. The lowest BCUT2D eigenvalue weighted by molar-refractivity contribution is 0.209. The molecule has 10 heteroatoms. The van der Waals surface area contributed by atoms with Gasteiger partial charge in [-0.15, -0.1) is 0 Å². The first-order valence-corrected chi connectivity index (χ1v) is 8.93.